The van der Waals surface area contributed by atoms with Crippen LogP contribution in [0.15, 0.2) is 48.5 Å². The van der Waals surface area contributed by atoms with Gasteiger partial charge in [0.25, 0.3) is 0 Å². The topological polar surface area (TPSA) is 130 Å². The maximum atomic E-state index is 11.9. The standard InChI is InChI=1S/C16H12N2O3.C2HF3O2/c17-9-11-1-3-13(4-2-11)16(20)21-14-7-5-12(6-8-14)15(19)10-18;3-2(4,5)1(6)7/h1-8H,10,18H2;(H,6,7). The number of carbonyl (C=O) groups excluding carboxylic acids is 2. The van der Waals surface area contributed by atoms with E-state index < -0.39 is 18.1 Å². The fourth-order valence-corrected chi connectivity index (χ4v) is 1.67. The van der Waals surface area contributed by atoms with Crippen molar-refractivity contribution in [2.75, 3.05) is 6.54 Å². The minimum absolute atomic E-state index is 0.0651. The number of Topliss-reactive ketones (excluding diaryl/α,β-unsaturated/α-hetero) is 1. The Balaban J connectivity index is 0.000000480. The third kappa shape index (κ3) is 6.89. The first-order valence-corrected chi connectivity index (χ1v) is 7.44. The highest BCUT2D eigenvalue weighted by molar-refractivity contribution is 5.97. The van der Waals surface area contributed by atoms with E-state index in [0.29, 0.717) is 22.4 Å². The molecular weight excluding hydrogens is 381 g/mol. The van der Waals surface area contributed by atoms with E-state index in [2.05, 4.69) is 0 Å². The zero-order valence-corrected chi connectivity index (χ0v) is 14.1. The highest BCUT2D eigenvalue weighted by Crippen LogP contribution is 2.15. The number of esters is 1. The molecular formula is C18H13F3N2O5. The number of halogens is 3. The van der Waals surface area contributed by atoms with Crippen molar-refractivity contribution in [3.8, 4) is 11.8 Å². The van der Waals surface area contributed by atoms with E-state index in [1.165, 1.54) is 24.3 Å². The summed E-state index contributed by atoms with van der Waals surface area (Å²) in [4.78, 5) is 32.2. The van der Waals surface area contributed by atoms with Crippen molar-refractivity contribution < 1.29 is 37.4 Å². The summed E-state index contributed by atoms with van der Waals surface area (Å²) in [6.45, 7) is -0.0651. The number of rotatable bonds is 4. The maximum Gasteiger partial charge on any atom is 0.490 e. The number of ether oxygens (including phenoxy) is 1. The second-order valence-electron chi connectivity index (χ2n) is 5.03. The molecule has 2 aromatic rings. The predicted octanol–water partition coefficient (Wildman–Crippen LogP) is 2.55. The van der Waals surface area contributed by atoms with Gasteiger partial charge in [0.05, 0.1) is 23.7 Å². The van der Waals surface area contributed by atoms with Gasteiger partial charge in [-0.1, -0.05) is 0 Å². The molecule has 0 aliphatic rings. The Morgan fingerprint density at radius 1 is 1.00 bits per heavy atom. The molecule has 0 spiro atoms. The average molecular weight is 394 g/mol. The summed E-state index contributed by atoms with van der Waals surface area (Å²) in [5.41, 5.74) is 6.55. The van der Waals surface area contributed by atoms with Gasteiger partial charge in [-0.15, -0.1) is 0 Å². The third-order valence-corrected chi connectivity index (χ3v) is 3.06. The summed E-state index contributed by atoms with van der Waals surface area (Å²) in [5, 5.41) is 15.8. The normalized spacial score (nSPS) is 10.1. The van der Waals surface area contributed by atoms with Crippen molar-refractivity contribution in [2.45, 2.75) is 6.18 Å². The van der Waals surface area contributed by atoms with Crippen LogP contribution in [0.4, 0.5) is 13.2 Å². The number of carbonyl (C=O) groups is 3. The van der Waals surface area contributed by atoms with Crippen LogP contribution in [0.3, 0.4) is 0 Å². The highest BCUT2D eigenvalue weighted by Gasteiger charge is 2.38. The Morgan fingerprint density at radius 3 is 1.86 bits per heavy atom. The van der Waals surface area contributed by atoms with E-state index in [4.69, 9.17) is 25.6 Å². The van der Waals surface area contributed by atoms with Crippen LogP contribution in [0.25, 0.3) is 0 Å². The second kappa shape index (κ2) is 9.84. The highest BCUT2D eigenvalue weighted by atomic mass is 19.4. The van der Waals surface area contributed by atoms with Crippen LogP contribution in [-0.2, 0) is 4.79 Å². The molecule has 0 bridgehead atoms. The molecule has 7 nitrogen and oxygen atoms in total. The number of alkyl halides is 3. The number of benzene rings is 2. The number of hydrogen-bond donors (Lipinski definition) is 2. The zero-order chi connectivity index (χ0) is 21.3. The number of carboxylic acid groups (broad SMARTS) is 1. The quantitative estimate of drug-likeness (QED) is 0.463. The number of nitrogens with zero attached hydrogens (tertiary/aromatic N) is 1. The Kier molecular flexibility index (Phi) is 7.85. The number of carboxylic acids is 1. The Morgan fingerprint density at radius 2 is 1.46 bits per heavy atom. The van der Waals surface area contributed by atoms with Crippen LogP contribution in [-0.4, -0.2) is 35.5 Å². The molecule has 0 aliphatic carbocycles. The minimum atomic E-state index is -5.08. The second-order valence-corrected chi connectivity index (χ2v) is 5.03. The number of nitriles is 1. The van der Waals surface area contributed by atoms with Crippen LogP contribution in [0, 0.1) is 11.3 Å². The lowest BCUT2D eigenvalue weighted by Gasteiger charge is -2.05. The maximum absolute atomic E-state index is 11.9. The fourth-order valence-electron chi connectivity index (χ4n) is 1.67. The van der Waals surface area contributed by atoms with Gasteiger partial charge in [-0.2, -0.15) is 18.4 Å². The Hall–Kier alpha value is -3.71. The first kappa shape index (κ1) is 22.3. The smallest absolute Gasteiger partial charge is 0.475 e. The van der Waals surface area contributed by atoms with E-state index in [-0.39, 0.29) is 12.3 Å². The van der Waals surface area contributed by atoms with Crippen molar-refractivity contribution in [1.82, 2.24) is 0 Å². The van der Waals surface area contributed by atoms with Gasteiger partial charge < -0.3 is 15.6 Å². The van der Waals surface area contributed by atoms with Crippen molar-refractivity contribution >= 4 is 17.7 Å². The van der Waals surface area contributed by atoms with Crippen LogP contribution >= 0.6 is 0 Å². The van der Waals surface area contributed by atoms with Crippen molar-refractivity contribution in [3.05, 3.63) is 65.2 Å². The molecule has 0 saturated heterocycles. The molecule has 0 aliphatic heterocycles. The molecule has 0 fully saturated rings. The third-order valence-electron chi connectivity index (χ3n) is 3.06. The van der Waals surface area contributed by atoms with Gasteiger partial charge in [0.2, 0.25) is 0 Å². The molecule has 10 heteroatoms. The van der Waals surface area contributed by atoms with E-state index in [0.717, 1.165) is 0 Å². The molecule has 2 aromatic carbocycles. The van der Waals surface area contributed by atoms with E-state index in [1.807, 2.05) is 6.07 Å². The summed E-state index contributed by atoms with van der Waals surface area (Å²) >= 11 is 0. The van der Waals surface area contributed by atoms with E-state index >= 15 is 0 Å². The molecule has 28 heavy (non-hydrogen) atoms. The first-order chi connectivity index (χ1) is 13.1. The van der Waals surface area contributed by atoms with Gasteiger partial charge in [-0.3, -0.25) is 4.79 Å². The fraction of sp³-hybridized carbons (Fsp3) is 0.111. The SMILES string of the molecule is N#Cc1ccc(C(=O)Oc2ccc(C(=O)CN)cc2)cc1.O=C(O)C(F)(F)F. The monoisotopic (exact) mass is 394 g/mol. The molecule has 0 aromatic heterocycles. The first-order valence-electron chi connectivity index (χ1n) is 7.44. The molecule has 0 radical (unpaired) electrons. The Bertz CT molecular complexity index is 885. The largest absolute Gasteiger partial charge is 0.490 e. The van der Waals surface area contributed by atoms with Crippen molar-refractivity contribution in [3.63, 3.8) is 0 Å². The zero-order valence-electron chi connectivity index (χ0n) is 14.1. The number of hydrogen-bond acceptors (Lipinski definition) is 6. The molecule has 0 atom stereocenters. The van der Waals surface area contributed by atoms with E-state index in [9.17, 15) is 22.8 Å². The Labute approximate surface area is 156 Å². The summed E-state index contributed by atoms with van der Waals surface area (Å²) < 4.78 is 36.9. The van der Waals surface area contributed by atoms with Crippen LogP contribution < -0.4 is 10.5 Å². The lowest BCUT2D eigenvalue weighted by atomic mass is 10.1. The van der Waals surface area contributed by atoms with Crippen LogP contribution in [0.5, 0.6) is 5.75 Å². The summed E-state index contributed by atoms with van der Waals surface area (Å²) in [6.07, 6.45) is -5.08. The van der Waals surface area contributed by atoms with Crippen molar-refractivity contribution in [2.24, 2.45) is 5.73 Å². The van der Waals surface area contributed by atoms with Gasteiger partial charge in [0.1, 0.15) is 5.75 Å². The van der Waals surface area contributed by atoms with Gasteiger partial charge in [-0.25, -0.2) is 9.59 Å². The molecule has 0 heterocycles. The molecule has 146 valence electrons. The number of nitrogens with two attached hydrogens (primary N) is 1. The predicted molar refractivity (Wildman–Crippen MR) is 89.6 cm³/mol. The van der Waals surface area contributed by atoms with Crippen molar-refractivity contribution in [1.29, 1.82) is 5.26 Å². The lowest BCUT2D eigenvalue weighted by Crippen LogP contribution is -2.21. The minimum Gasteiger partial charge on any atom is -0.475 e. The van der Waals surface area contributed by atoms with Crippen LogP contribution in [0.1, 0.15) is 26.3 Å². The molecule has 0 saturated carbocycles. The molecule has 3 N–H and O–H groups in total. The molecule has 2 rings (SSSR count). The van der Waals surface area contributed by atoms with Gasteiger partial charge in [0.15, 0.2) is 5.78 Å². The number of aliphatic carboxylic acids is 1. The molecule has 0 amide bonds. The van der Waals surface area contributed by atoms with Gasteiger partial charge in [-0.05, 0) is 48.5 Å². The van der Waals surface area contributed by atoms with E-state index in [1.54, 1.807) is 24.3 Å². The van der Waals surface area contributed by atoms with Gasteiger partial charge >= 0.3 is 18.1 Å². The summed E-state index contributed by atoms with van der Waals surface area (Å²) in [6, 6.07) is 14.3. The average Bonchev–Trinajstić information content (AvgIpc) is 2.67. The van der Waals surface area contributed by atoms with Crippen LogP contribution in [0.2, 0.25) is 0 Å². The summed E-state index contributed by atoms with van der Waals surface area (Å²) in [5.74, 6) is -3.14. The molecule has 0 unspecified atom stereocenters. The number of ketones is 1. The van der Waals surface area contributed by atoms with Gasteiger partial charge in [0, 0.05) is 5.56 Å². The summed E-state index contributed by atoms with van der Waals surface area (Å²) in [7, 11) is 0. The lowest BCUT2D eigenvalue weighted by molar-refractivity contribution is -0.192.